The van der Waals surface area contributed by atoms with Crippen LogP contribution >= 0.6 is 15.9 Å². The SMILES string of the molecule is CC(C)(C)[Si](C)(C)OC(CNC(=O)c1ccc(Br)cc1O)[C@@H]1Cc2ccccc2CN1C(=O)O. The standard InChI is InChI=1S/C25H33BrN2O5Si/c1-25(2,3)34(4,5)33-22(14-27-23(30)19-11-10-18(26)13-21(19)29)20-12-16-8-6-7-9-17(16)15-28(20)24(31)32/h6-11,13,20,22,29H,12,14-15H2,1-5H3,(H,27,30)(H,31,32)/t20-,22?/m0/s1. The van der Waals surface area contributed by atoms with E-state index in [9.17, 15) is 19.8 Å². The van der Waals surface area contributed by atoms with Crippen molar-refractivity contribution >= 4 is 36.2 Å². The Kier molecular flexibility index (Phi) is 7.79. The number of aromatic hydroxyl groups is 1. The topological polar surface area (TPSA) is 99.1 Å². The quantitative estimate of drug-likeness (QED) is 0.421. The lowest BCUT2D eigenvalue weighted by Gasteiger charge is -2.45. The van der Waals surface area contributed by atoms with Crippen LogP contribution in [-0.2, 0) is 17.4 Å². The largest absolute Gasteiger partial charge is 0.507 e. The van der Waals surface area contributed by atoms with Gasteiger partial charge in [0, 0.05) is 17.6 Å². The van der Waals surface area contributed by atoms with Gasteiger partial charge in [0.15, 0.2) is 8.32 Å². The zero-order valence-corrected chi connectivity index (χ0v) is 22.8. The summed E-state index contributed by atoms with van der Waals surface area (Å²) in [6.45, 7) is 11.0. The number of nitrogens with one attached hydrogen (secondary N) is 1. The summed E-state index contributed by atoms with van der Waals surface area (Å²) in [7, 11) is -2.30. The summed E-state index contributed by atoms with van der Waals surface area (Å²) in [4.78, 5) is 26.5. The molecule has 0 saturated heterocycles. The number of carboxylic acid groups (broad SMARTS) is 1. The first-order chi connectivity index (χ1) is 15.8. The molecular formula is C25H33BrN2O5Si. The number of phenols is 1. The third kappa shape index (κ3) is 5.82. The molecule has 0 spiro atoms. The fraction of sp³-hybridized carbons (Fsp3) is 0.440. The number of nitrogens with zero attached hydrogens (tertiary/aromatic N) is 1. The predicted molar refractivity (Wildman–Crippen MR) is 138 cm³/mol. The van der Waals surface area contributed by atoms with Crippen LogP contribution in [-0.4, -0.2) is 54.1 Å². The Balaban J connectivity index is 1.91. The van der Waals surface area contributed by atoms with Gasteiger partial charge in [0.2, 0.25) is 0 Å². The van der Waals surface area contributed by atoms with Gasteiger partial charge in [0.1, 0.15) is 5.75 Å². The Morgan fingerprint density at radius 1 is 1.21 bits per heavy atom. The van der Waals surface area contributed by atoms with Crippen molar-refractivity contribution in [3.63, 3.8) is 0 Å². The number of carbonyl (C=O) groups is 2. The fourth-order valence-electron chi connectivity index (χ4n) is 3.89. The van der Waals surface area contributed by atoms with Crippen LogP contribution in [0.5, 0.6) is 5.75 Å². The fourth-order valence-corrected chi connectivity index (χ4v) is 5.59. The Morgan fingerprint density at radius 2 is 1.85 bits per heavy atom. The lowest BCUT2D eigenvalue weighted by molar-refractivity contribution is 0.0438. The van der Waals surface area contributed by atoms with Crippen molar-refractivity contribution < 1.29 is 24.2 Å². The molecule has 0 bridgehead atoms. The highest BCUT2D eigenvalue weighted by Crippen LogP contribution is 2.39. The van der Waals surface area contributed by atoms with Crippen molar-refractivity contribution in [3.05, 3.63) is 63.6 Å². The van der Waals surface area contributed by atoms with E-state index in [2.05, 4.69) is 55.1 Å². The maximum Gasteiger partial charge on any atom is 0.407 e. The number of hydrogen-bond donors (Lipinski definition) is 3. The lowest BCUT2D eigenvalue weighted by atomic mass is 9.91. The van der Waals surface area contributed by atoms with Crippen LogP contribution in [0.25, 0.3) is 0 Å². The number of fused-ring (bicyclic) bond motifs is 1. The van der Waals surface area contributed by atoms with E-state index in [4.69, 9.17) is 4.43 Å². The number of benzene rings is 2. The van der Waals surface area contributed by atoms with E-state index in [1.807, 2.05) is 24.3 Å². The van der Waals surface area contributed by atoms with E-state index in [1.54, 1.807) is 12.1 Å². The highest BCUT2D eigenvalue weighted by atomic mass is 79.9. The number of halogens is 1. The third-order valence-electron chi connectivity index (χ3n) is 6.88. The third-order valence-corrected chi connectivity index (χ3v) is 11.9. The molecule has 0 radical (unpaired) electrons. The molecule has 3 rings (SSSR count). The lowest BCUT2D eigenvalue weighted by Crippen LogP contribution is -2.58. The molecule has 0 aliphatic carbocycles. The molecule has 0 fully saturated rings. The molecule has 34 heavy (non-hydrogen) atoms. The van der Waals surface area contributed by atoms with Crippen molar-refractivity contribution in [1.82, 2.24) is 10.2 Å². The molecule has 2 atom stereocenters. The Hall–Kier alpha value is -2.36. The van der Waals surface area contributed by atoms with Crippen LogP contribution in [0.2, 0.25) is 18.1 Å². The van der Waals surface area contributed by atoms with Gasteiger partial charge in [-0.3, -0.25) is 9.69 Å². The summed E-state index contributed by atoms with van der Waals surface area (Å²) in [5.74, 6) is -0.570. The first kappa shape index (κ1) is 26.2. The minimum Gasteiger partial charge on any atom is -0.507 e. The van der Waals surface area contributed by atoms with E-state index in [0.717, 1.165) is 11.1 Å². The zero-order chi connectivity index (χ0) is 25.3. The van der Waals surface area contributed by atoms with Crippen molar-refractivity contribution in [2.45, 2.75) is 64.0 Å². The first-order valence-corrected chi connectivity index (χ1v) is 15.0. The van der Waals surface area contributed by atoms with Crippen LogP contribution in [0.3, 0.4) is 0 Å². The van der Waals surface area contributed by atoms with Gasteiger partial charge in [0.05, 0.1) is 17.7 Å². The molecule has 9 heteroatoms. The second-order valence-electron chi connectivity index (χ2n) is 10.2. The van der Waals surface area contributed by atoms with E-state index in [1.165, 1.54) is 11.0 Å². The van der Waals surface area contributed by atoms with E-state index < -0.39 is 32.5 Å². The van der Waals surface area contributed by atoms with Gasteiger partial charge in [-0.05, 0) is 53.9 Å². The summed E-state index contributed by atoms with van der Waals surface area (Å²) in [5.41, 5.74) is 2.22. The van der Waals surface area contributed by atoms with Crippen LogP contribution in [0, 0.1) is 0 Å². The van der Waals surface area contributed by atoms with Crippen molar-refractivity contribution in [3.8, 4) is 5.75 Å². The van der Waals surface area contributed by atoms with Crippen LogP contribution in [0.4, 0.5) is 4.79 Å². The number of amides is 2. The predicted octanol–water partition coefficient (Wildman–Crippen LogP) is 5.38. The summed E-state index contributed by atoms with van der Waals surface area (Å²) < 4.78 is 7.39. The highest BCUT2D eigenvalue weighted by Gasteiger charge is 2.43. The van der Waals surface area contributed by atoms with Crippen molar-refractivity contribution in [1.29, 1.82) is 0 Å². The summed E-state index contributed by atoms with van der Waals surface area (Å²) in [5, 5.41) is 23.0. The second-order valence-corrected chi connectivity index (χ2v) is 15.9. The molecule has 2 amide bonds. The van der Waals surface area contributed by atoms with Crippen molar-refractivity contribution in [2.24, 2.45) is 0 Å². The van der Waals surface area contributed by atoms with Gasteiger partial charge in [-0.2, -0.15) is 0 Å². The first-order valence-electron chi connectivity index (χ1n) is 11.3. The van der Waals surface area contributed by atoms with Gasteiger partial charge >= 0.3 is 6.09 Å². The van der Waals surface area contributed by atoms with Crippen LogP contribution in [0.15, 0.2) is 46.9 Å². The molecule has 0 saturated carbocycles. The van der Waals surface area contributed by atoms with Gasteiger partial charge in [-0.25, -0.2) is 4.79 Å². The zero-order valence-electron chi connectivity index (χ0n) is 20.3. The van der Waals surface area contributed by atoms with E-state index in [0.29, 0.717) is 10.9 Å². The molecule has 0 aromatic heterocycles. The highest BCUT2D eigenvalue weighted by molar-refractivity contribution is 9.10. The second kappa shape index (κ2) is 10.1. The smallest absolute Gasteiger partial charge is 0.407 e. The Bertz CT molecular complexity index is 1070. The molecule has 184 valence electrons. The average molecular weight is 550 g/mol. The van der Waals surface area contributed by atoms with Crippen molar-refractivity contribution in [2.75, 3.05) is 6.54 Å². The minimum absolute atomic E-state index is 0.0974. The van der Waals surface area contributed by atoms with E-state index >= 15 is 0 Å². The van der Waals surface area contributed by atoms with E-state index in [-0.39, 0.29) is 29.4 Å². The van der Waals surface area contributed by atoms with Crippen LogP contribution < -0.4 is 5.32 Å². The van der Waals surface area contributed by atoms with Crippen LogP contribution in [0.1, 0.15) is 42.3 Å². The van der Waals surface area contributed by atoms with Gasteiger partial charge < -0.3 is 20.0 Å². The minimum atomic E-state index is -2.30. The number of hydrogen-bond acceptors (Lipinski definition) is 4. The van der Waals surface area contributed by atoms with Gasteiger partial charge in [-0.15, -0.1) is 0 Å². The molecule has 1 heterocycles. The summed E-state index contributed by atoms with van der Waals surface area (Å²) in [6.07, 6.45) is -1.06. The maximum absolute atomic E-state index is 12.9. The molecule has 2 aromatic carbocycles. The average Bonchev–Trinajstić information content (AvgIpc) is 2.74. The molecule has 2 aromatic rings. The Morgan fingerprint density at radius 3 is 2.44 bits per heavy atom. The molecule has 1 unspecified atom stereocenters. The van der Waals surface area contributed by atoms with Gasteiger partial charge in [0.25, 0.3) is 5.91 Å². The molecule has 7 nitrogen and oxygen atoms in total. The monoisotopic (exact) mass is 548 g/mol. The number of carbonyl (C=O) groups excluding carboxylic acids is 1. The normalized spacial score (nSPS) is 17.1. The molecular weight excluding hydrogens is 516 g/mol. The summed E-state index contributed by atoms with van der Waals surface area (Å²) in [6, 6.07) is 12.1. The molecule has 1 aliphatic heterocycles. The molecule has 1 aliphatic rings. The van der Waals surface area contributed by atoms with Gasteiger partial charge in [-0.1, -0.05) is 61.0 Å². The number of rotatable bonds is 6. The maximum atomic E-state index is 12.9. The summed E-state index contributed by atoms with van der Waals surface area (Å²) >= 11 is 3.28. The Labute approximate surface area is 210 Å². The number of phenolic OH excluding ortho intramolecular Hbond substituents is 1. The molecule has 3 N–H and O–H groups in total.